The summed E-state index contributed by atoms with van der Waals surface area (Å²) in [4.78, 5) is 43.5. The molecule has 0 aliphatic carbocycles. The smallest absolute Gasteiger partial charge is 0.269 e. The second-order valence-corrected chi connectivity index (χ2v) is 10.7. The maximum atomic E-state index is 13.6. The minimum atomic E-state index is -0.470. The number of thioether (sulfide) groups is 1. The number of anilines is 2. The molecular weight excluding hydrogens is 554 g/mol. The Labute approximate surface area is 247 Å². The van der Waals surface area contributed by atoms with Crippen molar-refractivity contribution >= 4 is 51.9 Å². The van der Waals surface area contributed by atoms with E-state index in [2.05, 4.69) is 15.5 Å². The highest BCUT2D eigenvalue weighted by atomic mass is 32.2. The number of benzene rings is 3. The number of nitro groups is 1. The fraction of sp³-hybridized carbons (Fsp3) is 0.194. The predicted molar refractivity (Wildman–Crippen MR) is 165 cm³/mol. The molecule has 2 aliphatic rings. The van der Waals surface area contributed by atoms with Crippen LogP contribution < -0.4 is 15.4 Å². The molecular formula is C31H29N5O5S. The van der Waals surface area contributed by atoms with Gasteiger partial charge in [0, 0.05) is 41.9 Å². The largest absolute Gasteiger partial charge is 0.497 e. The molecule has 0 spiro atoms. The van der Waals surface area contributed by atoms with Gasteiger partial charge in [-0.15, -0.1) is 0 Å². The Hall–Kier alpha value is -4.90. The summed E-state index contributed by atoms with van der Waals surface area (Å²) in [6, 6.07) is 20.2. The van der Waals surface area contributed by atoms with Crippen molar-refractivity contribution in [1.82, 2.24) is 4.90 Å². The van der Waals surface area contributed by atoms with Gasteiger partial charge < -0.3 is 20.3 Å². The second-order valence-electron chi connectivity index (χ2n) is 9.67. The fourth-order valence-corrected chi connectivity index (χ4v) is 5.81. The van der Waals surface area contributed by atoms with Crippen LogP contribution in [0.25, 0.3) is 6.08 Å². The molecule has 3 aromatic carbocycles. The minimum absolute atomic E-state index is 0.0115. The number of aliphatic imine (C=N–C) groups is 1. The summed E-state index contributed by atoms with van der Waals surface area (Å²) in [6.07, 6.45) is 3.94. The molecule has 10 nitrogen and oxygen atoms in total. The van der Waals surface area contributed by atoms with Crippen LogP contribution in [-0.4, -0.2) is 46.2 Å². The van der Waals surface area contributed by atoms with E-state index in [4.69, 9.17) is 9.73 Å². The average Bonchev–Trinajstić information content (AvgIpc) is 3.00. The summed E-state index contributed by atoms with van der Waals surface area (Å²) in [7, 11) is 1.59. The number of nitrogens with one attached hydrogen (secondary N) is 2. The van der Waals surface area contributed by atoms with Crippen molar-refractivity contribution in [2.24, 2.45) is 4.99 Å². The Kier molecular flexibility index (Phi) is 8.68. The summed E-state index contributed by atoms with van der Waals surface area (Å²) in [6.45, 7) is 2.64. The lowest BCUT2D eigenvalue weighted by Gasteiger charge is -2.40. The number of amides is 2. The van der Waals surface area contributed by atoms with E-state index in [-0.39, 0.29) is 23.5 Å². The zero-order chi connectivity index (χ0) is 29.6. The zero-order valence-corrected chi connectivity index (χ0v) is 23.9. The molecule has 0 aromatic heterocycles. The molecule has 3 aromatic rings. The van der Waals surface area contributed by atoms with Crippen molar-refractivity contribution in [2.45, 2.75) is 19.4 Å². The molecule has 2 heterocycles. The molecule has 0 saturated carbocycles. The summed E-state index contributed by atoms with van der Waals surface area (Å²) in [5.41, 5.74) is 4.05. The molecule has 2 amide bonds. The molecule has 5 rings (SSSR count). The molecule has 2 N–H and O–H groups in total. The maximum absolute atomic E-state index is 13.6. The number of nitro benzene ring substituents is 1. The standard InChI is InChI=1S/C31H29N5O5S/c1-20-28(30(38)34-24-11-15-26(41-2)16-12-24)29(35-18-3-19-42-31(35)32-20)22-7-9-23(10-8-22)33-27(37)17-6-21-4-13-25(14-5-21)36(39)40/h4-17,29H,3,18-19H2,1-2H3,(H,33,37)(H,34,38)/b17-6+. The van der Waals surface area contributed by atoms with Gasteiger partial charge in [-0.3, -0.25) is 19.7 Å². The number of ether oxygens (including phenoxy) is 1. The summed E-state index contributed by atoms with van der Waals surface area (Å²) < 4.78 is 5.22. The average molecular weight is 584 g/mol. The molecule has 1 fully saturated rings. The van der Waals surface area contributed by atoms with E-state index < -0.39 is 4.92 Å². The first-order valence-electron chi connectivity index (χ1n) is 13.3. The van der Waals surface area contributed by atoms with Crippen LogP contribution in [0.4, 0.5) is 17.1 Å². The van der Waals surface area contributed by atoms with Crippen LogP contribution in [0.5, 0.6) is 5.75 Å². The number of fused-ring (bicyclic) bond motifs is 1. The van der Waals surface area contributed by atoms with Crippen LogP contribution in [0.2, 0.25) is 0 Å². The topological polar surface area (TPSA) is 126 Å². The molecule has 214 valence electrons. The van der Waals surface area contributed by atoms with E-state index in [1.807, 2.05) is 31.2 Å². The van der Waals surface area contributed by atoms with Crippen molar-refractivity contribution in [1.29, 1.82) is 0 Å². The van der Waals surface area contributed by atoms with Gasteiger partial charge in [0.05, 0.1) is 29.3 Å². The molecule has 1 unspecified atom stereocenters. The third kappa shape index (κ3) is 6.52. The minimum Gasteiger partial charge on any atom is -0.497 e. The van der Waals surface area contributed by atoms with Gasteiger partial charge in [-0.25, -0.2) is 4.99 Å². The van der Waals surface area contributed by atoms with Crippen molar-refractivity contribution < 1.29 is 19.2 Å². The number of methoxy groups -OCH3 is 1. The quantitative estimate of drug-likeness (QED) is 0.189. The Morgan fingerprint density at radius 3 is 2.36 bits per heavy atom. The van der Waals surface area contributed by atoms with Crippen LogP contribution in [0, 0.1) is 10.1 Å². The van der Waals surface area contributed by atoms with Gasteiger partial charge in [-0.1, -0.05) is 23.9 Å². The van der Waals surface area contributed by atoms with Crippen LogP contribution >= 0.6 is 11.8 Å². The van der Waals surface area contributed by atoms with E-state index in [0.29, 0.717) is 34.0 Å². The molecule has 0 radical (unpaired) electrons. The Balaban J connectivity index is 1.33. The first-order valence-corrected chi connectivity index (χ1v) is 14.3. The number of carbonyl (C=O) groups is 2. The van der Waals surface area contributed by atoms with Crippen LogP contribution in [-0.2, 0) is 9.59 Å². The third-order valence-electron chi connectivity index (χ3n) is 6.88. The number of allylic oxidation sites excluding steroid dienone is 1. The maximum Gasteiger partial charge on any atom is 0.269 e. The van der Waals surface area contributed by atoms with E-state index in [1.54, 1.807) is 61.3 Å². The number of rotatable bonds is 8. The number of hydrogen-bond donors (Lipinski definition) is 2. The SMILES string of the molecule is COc1ccc(NC(=O)C2=C(C)N=C3SCCCN3C2c2ccc(NC(=O)/C=C/c3ccc([N+](=O)[O-])cc3)cc2)cc1. The molecule has 11 heteroatoms. The molecule has 42 heavy (non-hydrogen) atoms. The highest BCUT2D eigenvalue weighted by molar-refractivity contribution is 8.13. The summed E-state index contributed by atoms with van der Waals surface area (Å²) in [5, 5.41) is 17.6. The van der Waals surface area contributed by atoms with Gasteiger partial charge in [0.25, 0.3) is 11.6 Å². The van der Waals surface area contributed by atoms with Gasteiger partial charge in [0.2, 0.25) is 5.91 Å². The van der Waals surface area contributed by atoms with Crippen molar-refractivity contribution in [3.8, 4) is 5.75 Å². The van der Waals surface area contributed by atoms with Crippen molar-refractivity contribution in [3.05, 3.63) is 111 Å². The zero-order valence-electron chi connectivity index (χ0n) is 23.1. The fourth-order valence-electron chi connectivity index (χ4n) is 4.79. The van der Waals surface area contributed by atoms with Gasteiger partial charge in [0.1, 0.15) is 5.75 Å². The Morgan fingerprint density at radius 1 is 1.02 bits per heavy atom. The molecule has 0 bridgehead atoms. The first kappa shape index (κ1) is 28.6. The van der Waals surface area contributed by atoms with E-state index in [0.717, 1.165) is 29.4 Å². The number of carbonyl (C=O) groups excluding carboxylic acids is 2. The van der Waals surface area contributed by atoms with Gasteiger partial charge >= 0.3 is 0 Å². The monoisotopic (exact) mass is 583 g/mol. The lowest BCUT2D eigenvalue weighted by atomic mass is 9.93. The van der Waals surface area contributed by atoms with Crippen molar-refractivity contribution in [2.75, 3.05) is 30.0 Å². The first-order chi connectivity index (χ1) is 20.3. The Bertz CT molecular complexity index is 1580. The lowest BCUT2D eigenvalue weighted by molar-refractivity contribution is -0.384. The predicted octanol–water partition coefficient (Wildman–Crippen LogP) is 6.02. The summed E-state index contributed by atoms with van der Waals surface area (Å²) in [5.74, 6) is 1.11. The molecule has 1 atom stereocenters. The normalized spacial score (nSPS) is 16.5. The molecule has 2 aliphatic heterocycles. The highest BCUT2D eigenvalue weighted by Gasteiger charge is 2.37. The number of nitrogens with zero attached hydrogens (tertiary/aromatic N) is 3. The van der Waals surface area contributed by atoms with Crippen LogP contribution in [0.1, 0.15) is 30.5 Å². The van der Waals surface area contributed by atoms with E-state index in [9.17, 15) is 19.7 Å². The summed E-state index contributed by atoms with van der Waals surface area (Å²) >= 11 is 1.69. The van der Waals surface area contributed by atoms with E-state index in [1.165, 1.54) is 18.2 Å². The van der Waals surface area contributed by atoms with Gasteiger partial charge in [-0.2, -0.15) is 0 Å². The van der Waals surface area contributed by atoms with Gasteiger partial charge in [-0.05, 0) is 79.1 Å². The lowest BCUT2D eigenvalue weighted by Crippen LogP contribution is -2.43. The van der Waals surface area contributed by atoms with Crippen LogP contribution in [0.3, 0.4) is 0 Å². The number of non-ortho nitro benzene ring substituents is 1. The van der Waals surface area contributed by atoms with Gasteiger partial charge in [0.15, 0.2) is 5.17 Å². The van der Waals surface area contributed by atoms with Crippen molar-refractivity contribution in [3.63, 3.8) is 0 Å². The number of hydrogen-bond acceptors (Lipinski definition) is 8. The highest BCUT2D eigenvalue weighted by Crippen LogP contribution is 2.40. The van der Waals surface area contributed by atoms with Crippen LogP contribution in [0.15, 0.2) is 95.1 Å². The second kappa shape index (κ2) is 12.7. The third-order valence-corrected chi connectivity index (χ3v) is 7.95. The number of amidine groups is 1. The van der Waals surface area contributed by atoms with E-state index >= 15 is 0 Å². The molecule has 1 saturated heterocycles. The Morgan fingerprint density at radius 2 is 1.69 bits per heavy atom.